The third kappa shape index (κ3) is 3.92. The van der Waals surface area contributed by atoms with E-state index in [0.717, 1.165) is 6.54 Å². The fraction of sp³-hybridized carbons (Fsp3) is 0.294. The predicted molar refractivity (Wildman–Crippen MR) is 85.3 cm³/mol. The van der Waals surface area contributed by atoms with Crippen molar-refractivity contribution in [3.63, 3.8) is 0 Å². The van der Waals surface area contributed by atoms with E-state index in [4.69, 9.17) is 0 Å². The van der Waals surface area contributed by atoms with Crippen LogP contribution in [0.5, 0.6) is 0 Å². The highest BCUT2D eigenvalue weighted by Crippen LogP contribution is 2.18. The maximum absolute atomic E-state index is 3.57. The quantitative estimate of drug-likeness (QED) is 0.844. The molecule has 2 rings (SSSR count). The summed E-state index contributed by atoms with van der Waals surface area (Å²) in [6, 6.07) is 15.6. The minimum absolute atomic E-state index is 0.365. The number of rotatable bonds is 4. The summed E-state index contributed by atoms with van der Waals surface area (Å²) in [5, 5.41) is 3.57. The van der Waals surface area contributed by atoms with Crippen LogP contribution < -0.4 is 5.32 Å². The lowest BCUT2D eigenvalue weighted by atomic mass is 10.1. The topological polar surface area (TPSA) is 12.0 Å². The molecule has 2 aromatic rings. The third-order valence-electron chi connectivity index (χ3n) is 3.41. The zero-order valence-corrected chi connectivity index (χ0v) is 13.3. The average molecular weight is 318 g/mol. The molecule has 0 aliphatic heterocycles. The Labute approximate surface area is 124 Å². The van der Waals surface area contributed by atoms with Gasteiger partial charge in [-0.1, -0.05) is 57.9 Å². The SMILES string of the molecule is Cc1ccc(C(C)NCc2ccc(Br)c(C)c2)cc1. The van der Waals surface area contributed by atoms with Crippen molar-refractivity contribution in [2.24, 2.45) is 0 Å². The van der Waals surface area contributed by atoms with Crippen LogP contribution in [0, 0.1) is 13.8 Å². The monoisotopic (exact) mass is 317 g/mol. The Morgan fingerprint density at radius 3 is 2.37 bits per heavy atom. The fourth-order valence-electron chi connectivity index (χ4n) is 2.06. The van der Waals surface area contributed by atoms with Crippen LogP contribution in [-0.2, 0) is 6.54 Å². The van der Waals surface area contributed by atoms with Gasteiger partial charge in [0.1, 0.15) is 0 Å². The number of hydrogen-bond donors (Lipinski definition) is 1. The number of aryl methyl sites for hydroxylation is 2. The van der Waals surface area contributed by atoms with Crippen molar-refractivity contribution in [1.82, 2.24) is 5.32 Å². The highest BCUT2D eigenvalue weighted by atomic mass is 79.9. The van der Waals surface area contributed by atoms with Crippen molar-refractivity contribution < 1.29 is 0 Å². The minimum atomic E-state index is 0.365. The van der Waals surface area contributed by atoms with E-state index < -0.39 is 0 Å². The van der Waals surface area contributed by atoms with Crippen LogP contribution in [0.2, 0.25) is 0 Å². The first-order valence-electron chi connectivity index (χ1n) is 6.61. The van der Waals surface area contributed by atoms with Gasteiger partial charge in [-0.25, -0.2) is 0 Å². The van der Waals surface area contributed by atoms with Crippen molar-refractivity contribution in [2.45, 2.75) is 33.4 Å². The van der Waals surface area contributed by atoms with Gasteiger partial charge in [0.05, 0.1) is 0 Å². The molecule has 19 heavy (non-hydrogen) atoms. The summed E-state index contributed by atoms with van der Waals surface area (Å²) in [5.74, 6) is 0. The zero-order chi connectivity index (χ0) is 13.8. The molecule has 1 unspecified atom stereocenters. The molecule has 0 amide bonds. The summed E-state index contributed by atoms with van der Waals surface area (Å²) >= 11 is 3.53. The summed E-state index contributed by atoms with van der Waals surface area (Å²) in [6.45, 7) is 7.34. The van der Waals surface area contributed by atoms with Gasteiger partial charge in [-0.2, -0.15) is 0 Å². The Bertz CT molecular complexity index is 546. The second-order valence-corrected chi connectivity index (χ2v) is 5.95. The molecule has 0 aromatic heterocycles. The van der Waals surface area contributed by atoms with Crippen LogP contribution in [0.4, 0.5) is 0 Å². The molecule has 0 radical (unpaired) electrons. The molecular weight excluding hydrogens is 298 g/mol. The zero-order valence-electron chi connectivity index (χ0n) is 11.7. The standard InChI is InChI=1S/C17H20BrN/c1-12-4-7-16(8-5-12)14(3)19-11-15-6-9-17(18)13(2)10-15/h4-10,14,19H,11H2,1-3H3. The van der Waals surface area contributed by atoms with Gasteiger partial charge in [-0.05, 0) is 43.5 Å². The molecule has 0 spiro atoms. The van der Waals surface area contributed by atoms with Crippen molar-refractivity contribution >= 4 is 15.9 Å². The highest BCUT2D eigenvalue weighted by Gasteiger charge is 2.05. The van der Waals surface area contributed by atoms with E-state index in [1.165, 1.54) is 26.7 Å². The van der Waals surface area contributed by atoms with Gasteiger partial charge in [0.2, 0.25) is 0 Å². The molecule has 1 N–H and O–H groups in total. The second kappa shape index (κ2) is 6.36. The van der Waals surface area contributed by atoms with Crippen LogP contribution >= 0.6 is 15.9 Å². The van der Waals surface area contributed by atoms with Gasteiger partial charge < -0.3 is 5.32 Å². The average Bonchev–Trinajstić information content (AvgIpc) is 2.40. The molecule has 0 aliphatic rings. The maximum atomic E-state index is 3.57. The Morgan fingerprint density at radius 2 is 1.74 bits per heavy atom. The number of nitrogens with one attached hydrogen (secondary N) is 1. The third-order valence-corrected chi connectivity index (χ3v) is 4.30. The van der Waals surface area contributed by atoms with Crippen LogP contribution in [-0.4, -0.2) is 0 Å². The molecule has 100 valence electrons. The lowest BCUT2D eigenvalue weighted by Crippen LogP contribution is -2.18. The smallest absolute Gasteiger partial charge is 0.0294 e. The summed E-state index contributed by atoms with van der Waals surface area (Å²) < 4.78 is 1.17. The first kappa shape index (κ1) is 14.3. The molecular formula is C17H20BrN. The second-order valence-electron chi connectivity index (χ2n) is 5.10. The van der Waals surface area contributed by atoms with Crippen LogP contribution in [0.15, 0.2) is 46.9 Å². The molecule has 0 aliphatic carbocycles. The van der Waals surface area contributed by atoms with Crippen molar-refractivity contribution in [3.05, 3.63) is 69.2 Å². The molecule has 0 saturated carbocycles. The summed E-state index contributed by atoms with van der Waals surface area (Å²) in [5.41, 5.74) is 5.24. The Kier molecular flexibility index (Phi) is 4.78. The van der Waals surface area contributed by atoms with Crippen molar-refractivity contribution in [2.75, 3.05) is 0 Å². The molecule has 1 nitrogen and oxygen atoms in total. The van der Waals surface area contributed by atoms with Crippen molar-refractivity contribution in [1.29, 1.82) is 0 Å². The Hall–Kier alpha value is -1.12. The van der Waals surface area contributed by atoms with E-state index in [1.807, 2.05) is 0 Å². The van der Waals surface area contributed by atoms with Crippen molar-refractivity contribution in [3.8, 4) is 0 Å². The normalized spacial score (nSPS) is 12.4. The fourth-order valence-corrected chi connectivity index (χ4v) is 2.31. The van der Waals surface area contributed by atoms with E-state index in [9.17, 15) is 0 Å². The lowest BCUT2D eigenvalue weighted by Gasteiger charge is -2.15. The molecule has 2 aromatic carbocycles. The number of halogens is 1. The summed E-state index contributed by atoms with van der Waals surface area (Å²) in [7, 11) is 0. The lowest BCUT2D eigenvalue weighted by molar-refractivity contribution is 0.574. The molecule has 0 fully saturated rings. The van der Waals surface area contributed by atoms with E-state index in [1.54, 1.807) is 0 Å². The van der Waals surface area contributed by atoms with E-state index in [2.05, 4.69) is 84.5 Å². The molecule has 2 heteroatoms. The van der Waals surface area contributed by atoms with E-state index in [0.29, 0.717) is 6.04 Å². The van der Waals surface area contributed by atoms with Gasteiger partial charge in [0.15, 0.2) is 0 Å². The minimum Gasteiger partial charge on any atom is -0.306 e. The van der Waals surface area contributed by atoms with Crippen LogP contribution in [0.1, 0.15) is 35.2 Å². The number of benzene rings is 2. The van der Waals surface area contributed by atoms with E-state index >= 15 is 0 Å². The Morgan fingerprint density at radius 1 is 1.05 bits per heavy atom. The van der Waals surface area contributed by atoms with Gasteiger partial charge in [-0.15, -0.1) is 0 Å². The van der Waals surface area contributed by atoms with Crippen LogP contribution in [0.25, 0.3) is 0 Å². The largest absolute Gasteiger partial charge is 0.306 e. The molecule has 0 heterocycles. The van der Waals surface area contributed by atoms with Gasteiger partial charge in [0, 0.05) is 17.1 Å². The molecule has 0 bridgehead atoms. The number of hydrogen-bond acceptors (Lipinski definition) is 1. The predicted octanol–water partition coefficient (Wildman–Crippen LogP) is 4.92. The molecule has 1 atom stereocenters. The maximum Gasteiger partial charge on any atom is 0.0294 e. The van der Waals surface area contributed by atoms with Gasteiger partial charge >= 0.3 is 0 Å². The van der Waals surface area contributed by atoms with Gasteiger partial charge in [-0.3, -0.25) is 0 Å². The first-order valence-corrected chi connectivity index (χ1v) is 7.40. The summed E-state index contributed by atoms with van der Waals surface area (Å²) in [4.78, 5) is 0. The van der Waals surface area contributed by atoms with E-state index in [-0.39, 0.29) is 0 Å². The van der Waals surface area contributed by atoms with Gasteiger partial charge in [0.25, 0.3) is 0 Å². The summed E-state index contributed by atoms with van der Waals surface area (Å²) in [6.07, 6.45) is 0. The van der Waals surface area contributed by atoms with Crippen LogP contribution in [0.3, 0.4) is 0 Å². The Balaban J connectivity index is 1.98. The molecule has 0 saturated heterocycles. The highest BCUT2D eigenvalue weighted by molar-refractivity contribution is 9.10. The first-order chi connectivity index (χ1) is 9.06.